The maximum atomic E-state index is 13.5. The second kappa shape index (κ2) is 6.38. The van der Waals surface area contributed by atoms with Crippen molar-refractivity contribution in [1.29, 1.82) is 0 Å². The van der Waals surface area contributed by atoms with Crippen molar-refractivity contribution in [3.05, 3.63) is 59.0 Å². The molecule has 0 atom stereocenters. The van der Waals surface area contributed by atoms with E-state index in [2.05, 4.69) is 29.6 Å². The van der Waals surface area contributed by atoms with Crippen molar-refractivity contribution in [3.8, 4) is 22.8 Å². The predicted molar refractivity (Wildman–Crippen MR) is 104 cm³/mol. The Morgan fingerprint density at radius 2 is 2.03 bits per heavy atom. The Morgan fingerprint density at radius 3 is 2.80 bits per heavy atom. The Morgan fingerprint density at radius 1 is 1.20 bits per heavy atom. The van der Waals surface area contributed by atoms with Crippen LogP contribution in [0.25, 0.3) is 22.3 Å². The van der Waals surface area contributed by atoms with Crippen LogP contribution in [-0.2, 0) is 6.42 Å². The van der Waals surface area contributed by atoms with E-state index in [1.807, 2.05) is 19.9 Å². The monoisotopic (exact) mass is 410 g/mol. The summed E-state index contributed by atoms with van der Waals surface area (Å²) < 4.78 is 36.1. The number of pyridine rings is 1. The minimum atomic E-state index is -3.70. The zero-order valence-electron chi connectivity index (χ0n) is 16.0. The molecule has 0 saturated carbocycles. The van der Waals surface area contributed by atoms with Crippen molar-refractivity contribution in [2.75, 3.05) is 0 Å². The lowest BCUT2D eigenvalue weighted by atomic mass is 10.0. The average Bonchev–Trinajstić information content (AvgIpc) is 3.35. The summed E-state index contributed by atoms with van der Waals surface area (Å²) in [5, 5.41) is 7.63. The SMILES string of the molecule is Cc1[nH]nc(C(=O)Cc2cnc3[nH]c(-c4cccc5c4OC(F)(F)O5)cc3c2)c1C. The van der Waals surface area contributed by atoms with Gasteiger partial charge in [0.1, 0.15) is 11.3 Å². The number of H-pyrrole nitrogens is 2. The second-order valence-corrected chi connectivity index (χ2v) is 7.19. The fourth-order valence-corrected chi connectivity index (χ4v) is 3.51. The maximum absolute atomic E-state index is 13.5. The zero-order valence-corrected chi connectivity index (χ0v) is 16.0. The summed E-state index contributed by atoms with van der Waals surface area (Å²) >= 11 is 0. The quantitative estimate of drug-likeness (QED) is 0.489. The summed E-state index contributed by atoms with van der Waals surface area (Å²) in [5.74, 6) is -0.170. The fourth-order valence-electron chi connectivity index (χ4n) is 3.51. The second-order valence-electron chi connectivity index (χ2n) is 7.19. The molecule has 1 aliphatic rings. The van der Waals surface area contributed by atoms with Crippen molar-refractivity contribution in [3.63, 3.8) is 0 Å². The molecule has 1 aliphatic heterocycles. The molecule has 3 aromatic heterocycles. The Bertz CT molecular complexity index is 1310. The number of ether oxygens (including phenoxy) is 2. The minimum absolute atomic E-state index is 0.0277. The molecule has 1 aromatic carbocycles. The molecule has 7 nitrogen and oxygen atoms in total. The van der Waals surface area contributed by atoms with Gasteiger partial charge in [-0.1, -0.05) is 6.07 Å². The molecule has 0 aliphatic carbocycles. The van der Waals surface area contributed by atoms with Crippen LogP contribution in [0.5, 0.6) is 11.5 Å². The number of aryl methyl sites for hydroxylation is 1. The van der Waals surface area contributed by atoms with Gasteiger partial charge in [-0.25, -0.2) is 4.98 Å². The van der Waals surface area contributed by atoms with Crippen LogP contribution in [-0.4, -0.2) is 32.2 Å². The number of Topliss-reactive ketones (excluding diaryl/α,β-unsaturated/α-hetero) is 1. The van der Waals surface area contributed by atoms with Crippen molar-refractivity contribution >= 4 is 16.8 Å². The minimum Gasteiger partial charge on any atom is -0.395 e. The molecule has 0 fully saturated rings. The van der Waals surface area contributed by atoms with Crippen molar-refractivity contribution in [2.45, 2.75) is 26.6 Å². The molecule has 0 radical (unpaired) electrons. The lowest BCUT2D eigenvalue weighted by Crippen LogP contribution is -2.26. The third-order valence-electron chi connectivity index (χ3n) is 5.13. The first-order valence-electron chi connectivity index (χ1n) is 9.22. The van der Waals surface area contributed by atoms with E-state index in [1.54, 1.807) is 24.4 Å². The number of fused-ring (bicyclic) bond motifs is 2. The fraction of sp³-hybridized carbons (Fsp3) is 0.190. The van der Waals surface area contributed by atoms with Crippen LogP contribution in [0.1, 0.15) is 27.3 Å². The molecule has 30 heavy (non-hydrogen) atoms. The summed E-state index contributed by atoms with van der Waals surface area (Å²) in [4.78, 5) is 20.0. The predicted octanol–water partition coefficient (Wildman–Crippen LogP) is 4.32. The number of hydrogen-bond acceptors (Lipinski definition) is 5. The Kier molecular flexibility index (Phi) is 3.89. The third kappa shape index (κ3) is 2.99. The largest absolute Gasteiger partial charge is 0.586 e. The number of nitrogens with zero attached hydrogens (tertiary/aromatic N) is 2. The van der Waals surface area contributed by atoms with Crippen molar-refractivity contribution < 1.29 is 23.0 Å². The molecule has 0 saturated heterocycles. The zero-order chi connectivity index (χ0) is 21.0. The number of aromatic amines is 2. The molecule has 0 bridgehead atoms. The molecule has 0 amide bonds. The van der Waals surface area contributed by atoms with Crippen LogP contribution in [0.2, 0.25) is 0 Å². The number of carbonyl (C=O) groups excluding carboxylic acids is 1. The van der Waals surface area contributed by atoms with E-state index in [0.717, 1.165) is 22.2 Å². The van der Waals surface area contributed by atoms with Gasteiger partial charge in [0.2, 0.25) is 0 Å². The van der Waals surface area contributed by atoms with E-state index >= 15 is 0 Å². The molecule has 152 valence electrons. The van der Waals surface area contributed by atoms with Gasteiger partial charge in [-0.3, -0.25) is 9.89 Å². The van der Waals surface area contributed by atoms with Crippen LogP contribution in [0, 0.1) is 13.8 Å². The van der Waals surface area contributed by atoms with Crippen molar-refractivity contribution in [2.24, 2.45) is 0 Å². The number of rotatable bonds is 4. The summed E-state index contributed by atoms with van der Waals surface area (Å²) in [6.07, 6.45) is -1.93. The summed E-state index contributed by atoms with van der Waals surface area (Å²) in [7, 11) is 0. The number of carbonyl (C=O) groups is 1. The van der Waals surface area contributed by atoms with Gasteiger partial charge < -0.3 is 14.5 Å². The molecule has 4 aromatic rings. The number of benzene rings is 1. The lowest BCUT2D eigenvalue weighted by molar-refractivity contribution is -0.286. The number of alkyl halides is 2. The number of ketones is 1. The molecule has 4 heterocycles. The van der Waals surface area contributed by atoms with Gasteiger partial charge >= 0.3 is 6.29 Å². The van der Waals surface area contributed by atoms with Crippen LogP contribution < -0.4 is 9.47 Å². The first kappa shape index (κ1) is 18.3. The Hall–Kier alpha value is -3.75. The highest BCUT2D eigenvalue weighted by molar-refractivity contribution is 5.97. The number of halogens is 2. The standard InChI is InChI=1S/C21H16F2N4O3/c1-10-11(2)26-27-18(10)16(28)7-12-6-13-8-15(25-20(13)24-9-12)14-4-3-5-17-19(14)30-21(22,23)29-17/h3-6,8-9H,7H2,1-2H3,(H,24,25)(H,26,27). The Labute approximate surface area is 169 Å². The summed E-state index contributed by atoms with van der Waals surface area (Å²) in [6.45, 7) is 3.71. The maximum Gasteiger partial charge on any atom is 0.586 e. The molecule has 5 rings (SSSR count). The van der Waals surface area contributed by atoms with E-state index in [4.69, 9.17) is 0 Å². The van der Waals surface area contributed by atoms with Gasteiger partial charge in [0.25, 0.3) is 0 Å². The first-order chi connectivity index (χ1) is 14.3. The summed E-state index contributed by atoms with van der Waals surface area (Å²) in [6, 6.07) is 8.29. The smallest absolute Gasteiger partial charge is 0.395 e. The summed E-state index contributed by atoms with van der Waals surface area (Å²) in [5.41, 5.74) is 4.38. The topological polar surface area (TPSA) is 92.9 Å². The van der Waals surface area contributed by atoms with Gasteiger partial charge in [-0.15, -0.1) is 8.78 Å². The van der Waals surface area contributed by atoms with E-state index in [9.17, 15) is 13.6 Å². The van der Waals surface area contributed by atoms with E-state index in [0.29, 0.717) is 22.6 Å². The van der Waals surface area contributed by atoms with Crippen LogP contribution >= 0.6 is 0 Å². The Balaban J connectivity index is 1.47. The van der Waals surface area contributed by atoms with Gasteiger partial charge in [0.15, 0.2) is 17.3 Å². The van der Waals surface area contributed by atoms with E-state index in [1.165, 1.54) is 6.07 Å². The first-order valence-corrected chi connectivity index (χ1v) is 9.22. The van der Waals surface area contributed by atoms with E-state index < -0.39 is 6.29 Å². The normalized spacial score (nSPS) is 14.4. The molecule has 0 unspecified atom stereocenters. The molecular formula is C21H16F2N4O3. The number of aromatic nitrogens is 4. The average molecular weight is 410 g/mol. The van der Waals surface area contributed by atoms with Crippen LogP contribution in [0.15, 0.2) is 36.5 Å². The van der Waals surface area contributed by atoms with Crippen molar-refractivity contribution in [1.82, 2.24) is 20.2 Å². The van der Waals surface area contributed by atoms with E-state index in [-0.39, 0.29) is 23.7 Å². The van der Waals surface area contributed by atoms with Crippen LogP contribution in [0.4, 0.5) is 8.78 Å². The van der Waals surface area contributed by atoms with Gasteiger partial charge in [-0.2, -0.15) is 5.10 Å². The highest BCUT2D eigenvalue weighted by Gasteiger charge is 2.44. The van der Waals surface area contributed by atoms with Gasteiger partial charge in [0.05, 0.1) is 5.69 Å². The van der Waals surface area contributed by atoms with Gasteiger partial charge in [-0.05, 0) is 43.7 Å². The van der Waals surface area contributed by atoms with Gasteiger partial charge in [0, 0.05) is 34.8 Å². The number of para-hydroxylation sites is 1. The number of hydrogen-bond donors (Lipinski definition) is 2. The highest BCUT2D eigenvalue weighted by atomic mass is 19.3. The molecule has 9 heteroatoms. The molecule has 0 spiro atoms. The molecule has 2 N–H and O–H groups in total. The lowest BCUT2D eigenvalue weighted by Gasteiger charge is -2.06. The highest BCUT2D eigenvalue weighted by Crippen LogP contribution is 2.47. The third-order valence-corrected chi connectivity index (χ3v) is 5.13. The number of nitrogens with one attached hydrogen (secondary N) is 2. The van der Waals surface area contributed by atoms with Crippen LogP contribution in [0.3, 0.4) is 0 Å². The molecular weight excluding hydrogens is 394 g/mol.